The first kappa shape index (κ1) is 19.0. The summed E-state index contributed by atoms with van der Waals surface area (Å²) in [6, 6.07) is 7.40. The number of rotatable bonds is 6. The SMILES string of the molecule is CSN1CCN(c2cc(C(=N)c3cc(OC4(C)CC4)ccc3N)ncn2)CC1. The molecule has 0 amide bonds. The Morgan fingerprint density at radius 2 is 1.93 bits per heavy atom. The van der Waals surface area contributed by atoms with Crippen molar-refractivity contribution in [2.24, 2.45) is 0 Å². The maximum Gasteiger partial charge on any atom is 0.132 e. The number of benzene rings is 1. The van der Waals surface area contributed by atoms with Crippen LogP contribution in [0.2, 0.25) is 0 Å². The standard InChI is InChI=1S/C20H26N6OS/c1-20(5-6-20)27-14-3-4-16(21)15(11-14)19(22)17-12-18(24-13-23-17)25-7-9-26(28-2)10-8-25/h3-4,11-13,22H,5-10,21H2,1-2H3. The molecule has 2 aromatic rings. The fourth-order valence-electron chi connectivity index (χ4n) is 3.27. The van der Waals surface area contributed by atoms with E-state index >= 15 is 0 Å². The van der Waals surface area contributed by atoms with Gasteiger partial charge >= 0.3 is 0 Å². The Kier molecular flexibility index (Phi) is 5.16. The van der Waals surface area contributed by atoms with Gasteiger partial charge in [-0.2, -0.15) is 0 Å². The Morgan fingerprint density at radius 3 is 2.61 bits per heavy atom. The predicted octanol–water partition coefficient (Wildman–Crippen LogP) is 2.81. The normalized spacial score (nSPS) is 18.7. The van der Waals surface area contributed by atoms with Gasteiger partial charge in [-0.15, -0.1) is 0 Å². The Hall–Kier alpha value is -2.32. The molecule has 1 aliphatic carbocycles. The van der Waals surface area contributed by atoms with E-state index in [-0.39, 0.29) is 11.3 Å². The third-order valence-electron chi connectivity index (χ3n) is 5.34. The average Bonchev–Trinajstić information content (AvgIpc) is 3.45. The van der Waals surface area contributed by atoms with E-state index in [1.54, 1.807) is 18.0 Å². The van der Waals surface area contributed by atoms with Gasteiger partial charge in [-0.3, -0.25) is 5.41 Å². The topological polar surface area (TPSA) is 91.4 Å². The Bertz CT molecular complexity index is 877. The molecule has 2 aliphatic rings. The second-order valence-corrected chi connectivity index (χ2v) is 8.42. The van der Waals surface area contributed by atoms with Crippen LogP contribution >= 0.6 is 11.9 Å². The van der Waals surface area contributed by atoms with Gasteiger partial charge in [-0.05, 0) is 44.2 Å². The fourth-order valence-corrected chi connectivity index (χ4v) is 3.80. The number of nitrogens with zero attached hydrogens (tertiary/aromatic N) is 4. The molecule has 1 saturated heterocycles. The summed E-state index contributed by atoms with van der Waals surface area (Å²) >= 11 is 1.77. The summed E-state index contributed by atoms with van der Waals surface area (Å²) in [5.41, 5.74) is 8.13. The highest BCUT2D eigenvalue weighted by molar-refractivity contribution is 7.96. The van der Waals surface area contributed by atoms with Crippen LogP contribution in [-0.4, -0.2) is 58.0 Å². The van der Waals surface area contributed by atoms with Gasteiger partial charge in [0, 0.05) is 43.5 Å². The van der Waals surface area contributed by atoms with Crippen LogP contribution in [0.15, 0.2) is 30.6 Å². The highest BCUT2D eigenvalue weighted by Crippen LogP contribution is 2.40. The number of hydrogen-bond donors (Lipinski definition) is 2. The molecule has 1 saturated carbocycles. The first-order chi connectivity index (χ1) is 13.5. The fraction of sp³-hybridized carbons (Fsp3) is 0.450. The molecule has 0 atom stereocenters. The van der Waals surface area contributed by atoms with Gasteiger partial charge in [0.15, 0.2) is 0 Å². The van der Waals surface area contributed by atoms with Gasteiger partial charge in [0.2, 0.25) is 0 Å². The summed E-state index contributed by atoms with van der Waals surface area (Å²) in [6.45, 7) is 5.90. The zero-order valence-corrected chi connectivity index (χ0v) is 17.1. The molecule has 1 aromatic heterocycles. The lowest BCUT2D eigenvalue weighted by Gasteiger charge is -2.34. The quantitative estimate of drug-likeness (QED) is 0.439. The Balaban J connectivity index is 1.54. The van der Waals surface area contributed by atoms with E-state index in [2.05, 4.69) is 32.4 Å². The van der Waals surface area contributed by atoms with E-state index in [0.717, 1.165) is 50.6 Å². The van der Waals surface area contributed by atoms with Crippen molar-refractivity contribution in [1.29, 1.82) is 5.41 Å². The molecule has 4 rings (SSSR count). The van der Waals surface area contributed by atoms with Crippen molar-refractivity contribution < 1.29 is 4.74 Å². The zero-order chi connectivity index (χ0) is 19.7. The van der Waals surface area contributed by atoms with Gasteiger partial charge in [0.25, 0.3) is 0 Å². The van der Waals surface area contributed by atoms with Crippen LogP contribution in [0.1, 0.15) is 31.0 Å². The molecule has 0 unspecified atom stereocenters. The van der Waals surface area contributed by atoms with E-state index in [9.17, 15) is 0 Å². The lowest BCUT2D eigenvalue weighted by molar-refractivity contribution is 0.200. The number of piperazine rings is 1. The number of ether oxygens (including phenoxy) is 1. The van der Waals surface area contributed by atoms with E-state index < -0.39 is 0 Å². The van der Waals surface area contributed by atoms with Crippen LogP contribution in [0.3, 0.4) is 0 Å². The maximum absolute atomic E-state index is 8.67. The average molecular weight is 399 g/mol. The zero-order valence-electron chi connectivity index (χ0n) is 16.3. The van der Waals surface area contributed by atoms with Crippen molar-refractivity contribution in [3.63, 3.8) is 0 Å². The van der Waals surface area contributed by atoms with E-state index in [1.807, 2.05) is 18.2 Å². The number of anilines is 2. The van der Waals surface area contributed by atoms with Crippen molar-refractivity contribution in [3.8, 4) is 5.75 Å². The van der Waals surface area contributed by atoms with Crippen LogP contribution < -0.4 is 15.4 Å². The van der Waals surface area contributed by atoms with Crippen molar-refractivity contribution in [3.05, 3.63) is 41.9 Å². The van der Waals surface area contributed by atoms with Gasteiger partial charge in [-0.1, -0.05) is 11.9 Å². The number of nitrogens with two attached hydrogens (primary N) is 1. The predicted molar refractivity (Wildman–Crippen MR) is 114 cm³/mol. The maximum atomic E-state index is 8.67. The summed E-state index contributed by atoms with van der Waals surface area (Å²) < 4.78 is 8.37. The largest absolute Gasteiger partial charge is 0.488 e. The minimum absolute atomic E-state index is 0.0728. The highest BCUT2D eigenvalue weighted by Gasteiger charge is 2.40. The van der Waals surface area contributed by atoms with Crippen LogP contribution in [0.5, 0.6) is 5.75 Å². The van der Waals surface area contributed by atoms with Gasteiger partial charge in [0.05, 0.1) is 11.4 Å². The van der Waals surface area contributed by atoms with Crippen molar-refractivity contribution in [2.75, 3.05) is 43.1 Å². The number of aromatic nitrogens is 2. The highest BCUT2D eigenvalue weighted by atomic mass is 32.2. The minimum Gasteiger partial charge on any atom is -0.488 e. The molecule has 7 nitrogen and oxygen atoms in total. The first-order valence-electron chi connectivity index (χ1n) is 9.51. The van der Waals surface area contributed by atoms with Crippen LogP contribution in [0.25, 0.3) is 0 Å². The summed E-state index contributed by atoms with van der Waals surface area (Å²) in [4.78, 5) is 11.0. The van der Waals surface area contributed by atoms with E-state index in [4.69, 9.17) is 15.9 Å². The number of nitrogen functional groups attached to an aromatic ring is 1. The minimum atomic E-state index is -0.0728. The Labute approximate surface area is 169 Å². The number of nitrogens with one attached hydrogen (secondary N) is 1. The van der Waals surface area contributed by atoms with Crippen molar-refractivity contribution in [1.82, 2.24) is 14.3 Å². The third kappa shape index (κ3) is 4.07. The van der Waals surface area contributed by atoms with Crippen LogP contribution in [-0.2, 0) is 0 Å². The third-order valence-corrected chi connectivity index (χ3v) is 6.22. The molecular formula is C20H26N6OS. The van der Waals surface area contributed by atoms with Crippen LogP contribution in [0, 0.1) is 5.41 Å². The molecule has 2 heterocycles. The molecule has 0 bridgehead atoms. The van der Waals surface area contributed by atoms with Crippen molar-refractivity contribution >= 4 is 29.2 Å². The molecule has 8 heteroatoms. The molecule has 3 N–H and O–H groups in total. The summed E-state index contributed by atoms with van der Waals surface area (Å²) in [7, 11) is 0. The summed E-state index contributed by atoms with van der Waals surface area (Å²) in [6.07, 6.45) is 5.75. The summed E-state index contributed by atoms with van der Waals surface area (Å²) in [5, 5.41) is 8.67. The van der Waals surface area contributed by atoms with E-state index in [0.29, 0.717) is 16.9 Å². The molecule has 28 heavy (non-hydrogen) atoms. The molecule has 1 aliphatic heterocycles. The van der Waals surface area contributed by atoms with Gasteiger partial charge in [-0.25, -0.2) is 14.3 Å². The second kappa shape index (κ2) is 7.60. The van der Waals surface area contributed by atoms with Crippen molar-refractivity contribution in [2.45, 2.75) is 25.4 Å². The molecule has 148 valence electrons. The molecule has 0 radical (unpaired) electrons. The van der Waals surface area contributed by atoms with Crippen LogP contribution in [0.4, 0.5) is 11.5 Å². The molecule has 1 aromatic carbocycles. The molecule has 0 spiro atoms. The lowest BCUT2D eigenvalue weighted by atomic mass is 10.0. The van der Waals surface area contributed by atoms with Gasteiger partial charge < -0.3 is 15.4 Å². The smallest absolute Gasteiger partial charge is 0.132 e. The molecular weight excluding hydrogens is 372 g/mol. The van der Waals surface area contributed by atoms with Gasteiger partial charge in [0.1, 0.15) is 23.5 Å². The molecule has 2 fully saturated rings. The Morgan fingerprint density at radius 1 is 1.18 bits per heavy atom. The summed E-state index contributed by atoms with van der Waals surface area (Å²) in [5.74, 6) is 1.60. The van der Waals surface area contributed by atoms with E-state index in [1.165, 1.54) is 6.33 Å². The monoisotopic (exact) mass is 398 g/mol. The number of hydrogen-bond acceptors (Lipinski definition) is 8. The second-order valence-electron chi connectivity index (χ2n) is 7.54. The lowest BCUT2D eigenvalue weighted by Crippen LogP contribution is -2.43. The first-order valence-corrected chi connectivity index (χ1v) is 10.7.